The van der Waals surface area contributed by atoms with Gasteiger partial charge in [0.2, 0.25) is 23.6 Å². The molecule has 5 aliphatic heterocycles. The fourth-order valence-electron chi connectivity index (χ4n) is 17.4. The third-order valence-electron chi connectivity index (χ3n) is 24.7. The summed E-state index contributed by atoms with van der Waals surface area (Å²) in [6.45, 7) is -0.0394. The molecule has 5 aliphatic rings. The molecular formula is C88H156N4O37. The molecule has 41 heteroatoms. The molecule has 30 atom stereocenters. The Hall–Kier alpha value is -5.05. The van der Waals surface area contributed by atoms with E-state index in [4.69, 9.17) is 47.4 Å². The predicted molar refractivity (Wildman–Crippen MR) is 457 cm³/mol. The lowest BCUT2D eigenvalue weighted by molar-refractivity contribution is -0.388. The molecular weight excluding hydrogens is 1700 g/mol. The van der Waals surface area contributed by atoms with E-state index in [-0.39, 0.29) is 6.42 Å². The minimum Gasteiger partial charge on any atom is -0.477 e. The molecule has 0 spiro atoms. The first kappa shape index (κ1) is 114. The Balaban J connectivity index is 1.31. The number of amides is 4. The van der Waals surface area contributed by atoms with Gasteiger partial charge in [-0.1, -0.05) is 225 Å². The normalized spacial score (nSPS) is 31.6. The summed E-state index contributed by atoms with van der Waals surface area (Å²) < 4.78 is 58.3. The quantitative estimate of drug-likeness (QED) is 0.0286. The molecule has 41 nitrogen and oxygen atoms in total. The van der Waals surface area contributed by atoms with E-state index in [1.165, 1.54) is 147 Å². The molecule has 5 fully saturated rings. The standard InChI is InChI=1S/C88H156N4O37/c1-6-8-10-12-14-16-18-20-21-22-23-24-25-26-27-28-30-32-34-36-38-40-42-65(106)92-55(56(101)41-39-37-35-33-31-29-19-17-15-13-11-9-7-2)51-120-81-74(112)73(111)76(64(50-97)122-81)123-82-75(113)80(70(108)61(47-94)121-82)129-88(85(118)119)45-59(104)68(91-54(5)100)79(128-88)72(110)63(49-96)125-87(84(116)117)44-58(103)67(90-53(4)99)78(127-87)71(109)62(48-95)124-86(83(114)115)43-57(102)66(89-52(3)98)77(126-86)69(107)60(105)46-93/h39,41,55-64,66-82,93-97,101-105,107-113H,6-38,40,42-51H2,1-5H3,(H,89,98)(H,90,99)(H,91,100)(H,92,106)(H,114,115)(H,116,117)(H,118,119)/t55-,56+,57-,58-,59-,60+,61+,62+,63+,64+,66+,67+,68+,69+,70-,71+,72+,73+,74+,75+,76+,77?,78?,79?,80-,81+,82-,86+,87+,88-/m0/s1. The molecule has 0 aromatic heterocycles. The predicted octanol–water partition coefficient (Wildman–Crippen LogP) is 0.244. The van der Waals surface area contributed by atoms with Gasteiger partial charge in [0.15, 0.2) is 12.6 Å². The molecule has 0 bridgehead atoms. The van der Waals surface area contributed by atoms with Gasteiger partial charge in [-0.15, -0.1) is 0 Å². The largest absolute Gasteiger partial charge is 0.477 e. The number of allylic oxidation sites excluding steroid dienone is 1. The number of aliphatic hydroxyl groups excluding tert-OH is 17. The highest BCUT2D eigenvalue weighted by Crippen LogP contribution is 2.43. The van der Waals surface area contributed by atoms with Crippen LogP contribution >= 0.6 is 0 Å². The lowest BCUT2D eigenvalue weighted by Crippen LogP contribution is -2.72. The minimum atomic E-state index is -3.58. The van der Waals surface area contributed by atoms with E-state index in [0.29, 0.717) is 12.8 Å². The molecule has 0 aromatic rings. The second kappa shape index (κ2) is 59.7. The van der Waals surface area contributed by atoms with Crippen molar-refractivity contribution in [3.8, 4) is 0 Å². The van der Waals surface area contributed by atoms with Gasteiger partial charge in [-0.25, -0.2) is 14.4 Å². The zero-order valence-electron chi connectivity index (χ0n) is 75.7. The van der Waals surface area contributed by atoms with Crippen molar-refractivity contribution in [1.82, 2.24) is 21.3 Å². The summed E-state index contributed by atoms with van der Waals surface area (Å²) in [4.78, 5) is 92.3. The van der Waals surface area contributed by atoms with Crippen molar-refractivity contribution in [3.63, 3.8) is 0 Å². The first-order valence-corrected chi connectivity index (χ1v) is 46.8. The zero-order valence-corrected chi connectivity index (χ0v) is 75.7. The van der Waals surface area contributed by atoms with Crippen molar-refractivity contribution in [2.75, 3.05) is 39.6 Å². The molecule has 0 radical (unpaired) electrons. The van der Waals surface area contributed by atoms with Crippen LogP contribution in [0.2, 0.25) is 0 Å². The lowest BCUT2D eigenvalue weighted by atomic mass is 9.86. The molecule has 5 rings (SSSR count). The summed E-state index contributed by atoms with van der Waals surface area (Å²) in [6, 6.07) is -7.03. The van der Waals surface area contributed by atoms with Crippen molar-refractivity contribution < 1.29 is 183 Å². The molecule has 129 heavy (non-hydrogen) atoms. The molecule has 5 saturated heterocycles. The van der Waals surface area contributed by atoms with Crippen LogP contribution in [0.25, 0.3) is 0 Å². The van der Waals surface area contributed by atoms with Crippen LogP contribution in [0.5, 0.6) is 0 Å². The van der Waals surface area contributed by atoms with Gasteiger partial charge in [-0.05, 0) is 19.3 Å². The number of aliphatic hydroxyl groups is 17. The van der Waals surface area contributed by atoms with Crippen LogP contribution in [-0.4, -0.2) is 366 Å². The van der Waals surface area contributed by atoms with E-state index >= 15 is 0 Å². The monoisotopic (exact) mass is 1860 g/mol. The van der Waals surface area contributed by atoms with Gasteiger partial charge in [0, 0.05) is 46.5 Å². The van der Waals surface area contributed by atoms with Gasteiger partial charge in [-0.3, -0.25) is 19.2 Å². The number of carboxylic acids is 3. The second-order valence-electron chi connectivity index (χ2n) is 35.3. The Morgan fingerprint density at radius 1 is 0.419 bits per heavy atom. The Labute approximate surface area is 755 Å². The van der Waals surface area contributed by atoms with Crippen LogP contribution in [-0.2, 0) is 80.9 Å². The molecule has 0 aromatic carbocycles. The molecule has 0 aliphatic carbocycles. The number of carboxylic acid groups (broad SMARTS) is 3. The fraction of sp³-hybridized carbons (Fsp3) is 0.898. The maximum absolute atomic E-state index is 13.8. The Kier molecular flexibility index (Phi) is 53.0. The fourth-order valence-corrected chi connectivity index (χ4v) is 17.4. The molecule has 24 N–H and O–H groups in total. The van der Waals surface area contributed by atoms with Crippen molar-refractivity contribution in [2.45, 2.75) is 461 Å². The van der Waals surface area contributed by atoms with Crippen LogP contribution in [0, 0.1) is 0 Å². The zero-order chi connectivity index (χ0) is 95.6. The van der Waals surface area contributed by atoms with E-state index in [0.717, 1.165) is 85.0 Å². The number of aliphatic carboxylic acids is 3. The molecule has 750 valence electrons. The maximum Gasteiger partial charge on any atom is 0.364 e. The number of rotatable bonds is 66. The Morgan fingerprint density at radius 3 is 1.14 bits per heavy atom. The number of carbonyl (C=O) groups is 7. The number of nitrogens with one attached hydrogen (secondary N) is 4. The van der Waals surface area contributed by atoms with E-state index in [1.807, 2.05) is 0 Å². The summed E-state index contributed by atoms with van der Waals surface area (Å²) in [7, 11) is 0. The first-order chi connectivity index (χ1) is 61.5. The topological polar surface area (TPSA) is 665 Å². The van der Waals surface area contributed by atoms with Crippen molar-refractivity contribution >= 4 is 41.5 Å². The van der Waals surface area contributed by atoms with Crippen LogP contribution in [0.3, 0.4) is 0 Å². The van der Waals surface area contributed by atoms with Gasteiger partial charge in [-0.2, -0.15) is 0 Å². The maximum atomic E-state index is 13.8. The van der Waals surface area contributed by atoms with Crippen LogP contribution < -0.4 is 21.3 Å². The highest BCUT2D eigenvalue weighted by Gasteiger charge is 2.64. The average Bonchev–Trinajstić information content (AvgIpc) is 0.750. The van der Waals surface area contributed by atoms with E-state index in [9.17, 15) is 136 Å². The van der Waals surface area contributed by atoms with Crippen molar-refractivity contribution in [3.05, 3.63) is 12.2 Å². The molecule has 4 amide bonds. The summed E-state index contributed by atoms with van der Waals surface area (Å²) in [5.41, 5.74) is 0. The minimum absolute atomic E-state index is 0.123. The molecule has 3 unspecified atom stereocenters. The number of carbonyl (C=O) groups excluding carboxylic acids is 4. The van der Waals surface area contributed by atoms with Gasteiger partial charge >= 0.3 is 17.9 Å². The van der Waals surface area contributed by atoms with Crippen molar-refractivity contribution in [1.29, 1.82) is 0 Å². The van der Waals surface area contributed by atoms with E-state index < -0.39 is 283 Å². The summed E-state index contributed by atoms with van der Waals surface area (Å²) in [6.07, 6.45) is -12.8. The van der Waals surface area contributed by atoms with Gasteiger partial charge in [0.05, 0.1) is 88.2 Å². The van der Waals surface area contributed by atoms with Crippen LogP contribution in [0.15, 0.2) is 12.2 Å². The highest BCUT2D eigenvalue weighted by atomic mass is 16.8. The smallest absolute Gasteiger partial charge is 0.364 e. The Morgan fingerprint density at radius 2 is 0.775 bits per heavy atom. The number of unbranched alkanes of at least 4 members (excludes halogenated alkanes) is 32. The van der Waals surface area contributed by atoms with Gasteiger partial charge in [0.1, 0.15) is 104 Å². The third kappa shape index (κ3) is 35.9. The first-order valence-electron chi connectivity index (χ1n) is 46.8. The average molecular weight is 1860 g/mol. The molecule has 5 heterocycles. The Bertz CT molecular complexity index is 3230. The number of ether oxygens (including phenoxy) is 10. The summed E-state index contributed by atoms with van der Waals surface area (Å²) >= 11 is 0. The van der Waals surface area contributed by atoms with Gasteiger partial charge in [0.25, 0.3) is 17.4 Å². The SMILES string of the molecule is CCCCCCCCCCCCCC=C[C@@H](O)[C@H](CO[C@@H]1O[C@H](CO)[C@@H](O[C@@H]2O[C@H](CO)[C@H](O)[C@H](O[C@]3(C(=O)O)C[C@H](O)[C@@H](NC(C)=O)C([C@H](O)[C@@H](CO)O[C@]4(C(=O)O)C[C@H](O)[C@@H](NC(C)=O)C([C@H](O)[C@@H](CO)O[C@]5(C(=O)O)C[C@H](O)[C@@H](NC(C)=O)C([C@H](O)[C@H](O)CO)O5)O4)O3)[C@H]2O)[C@H](O)[C@H]1O)NC(=O)CCCCCCCCCCCCCCCCCCCCCCCC. The van der Waals surface area contributed by atoms with Crippen LogP contribution in [0.1, 0.15) is 279 Å². The van der Waals surface area contributed by atoms with E-state index in [1.54, 1.807) is 6.08 Å². The van der Waals surface area contributed by atoms with Gasteiger partial charge < -0.3 is 171 Å². The number of hydrogen-bond donors (Lipinski definition) is 24. The van der Waals surface area contributed by atoms with Crippen molar-refractivity contribution in [2.24, 2.45) is 0 Å². The summed E-state index contributed by atoms with van der Waals surface area (Å²) in [5.74, 6) is -20.6. The highest BCUT2D eigenvalue weighted by molar-refractivity contribution is 5.79. The third-order valence-corrected chi connectivity index (χ3v) is 24.7. The molecule has 0 saturated carbocycles. The second-order valence-corrected chi connectivity index (χ2v) is 35.3. The van der Waals surface area contributed by atoms with Crippen LogP contribution in [0.4, 0.5) is 0 Å². The lowest BCUT2D eigenvalue weighted by Gasteiger charge is -2.51. The van der Waals surface area contributed by atoms with E-state index in [2.05, 4.69) is 35.1 Å². The summed E-state index contributed by atoms with van der Waals surface area (Å²) in [5, 5.41) is 235. The number of hydrogen-bond acceptors (Lipinski definition) is 34.